The number of aromatic amines is 1. The summed E-state index contributed by atoms with van der Waals surface area (Å²) < 4.78 is 5.13. The highest BCUT2D eigenvalue weighted by Gasteiger charge is 2.12. The quantitative estimate of drug-likeness (QED) is 0.736. The van der Waals surface area contributed by atoms with Crippen LogP contribution in [0, 0.1) is 6.92 Å². The van der Waals surface area contributed by atoms with Crippen LogP contribution in [-0.4, -0.2) is 17.9 Å². The van der Waals surface area contributed by atoms with Gasteiger partial charge in [-0.15, -0.1) is 0 Å². The summed E-state index contributed by atoms with van der Waals surface area (Å²) in [5, 5.41) is 0.994. The molecular weight excluding hydrogens is 262 g/mol. The first-order chi connectivity index (χ1) is 10.2. The average Bonchev–Trinajstić information content (AvgIpc) is 2.91. The molecule has 2 aromatic carbocycles. The second-order valence-corrected chi connectivity index (χ2v) is 5.20. The molecule has 106 valence electrons. The highest BCUT2D eigenvalue weighted by Crippen LogP contribution is 2.22. The highest BCUT2D eigenvalue weighted by atomic mass is 16.5. The molecule has 0 aliphatic heterocycles. The number of H-pyrrole nitrogens is 1. The van der Waals surface area contributed by atoms with Crippen LogP contribution in [0.2, 0.25) is 0 Å². The van der Waals surface area contributed by atoms with E-state index in [1.807, 2.05) is 49.4 Å². The van der Waals surface area contributed by atoms with Gasteiger partial charge in [0, 0.05) is 29.1 Å². The van der Waals surface area contributed by atoms with Gasteiger partial charge in [0.05, 0.1) is 7.11 Å². The van der Waals surface area contributed by atoms with E-state index in [4.69, 9.17) is 4.74 Å². The first-order valence-corrected chi connectivity index (χ1v) is 6.91. The minimum Gasteiger partial charge on any atom is -0.497 e. The number of Topliss-reactive ketones (excluding diaryl/α,β-unsaturated/α-hetero) is 1. The van der Waals surface area contributed by atoms with E-state index >= 15 is 0 Å². The number of benzene rings is 2. The third-order valence-electron chi connectivity index (χ3n) is 3.66. The molecule has 0 spiro atoms. The number of methoxy groups -OCH3 is 1. The van der Waals surface area contributed by atoms with Gasteiger partial charge in [0.2, 0.25) is 0 Å². The molecule has 0 bridgehead atoms. The van der Waals surface area contributed by atoms with Gasteiger partial charge in [-0.05, 0) is 36.8 Å². The molecule has 0 aliphatic rings. The zero-order valence-electron chi connectivity index (χ0n) is 12.1. The van der Waals surface area contributed by atoms with Gasteiger partial charge >= 0.3 is 0 Å². The summed E-state index contributed by atoms with van der Waals surface area (Å²) in [5.74, 6) is 0.922. The summed E-state index contributed by atoms with van der Waals surface area (Å²) in [6.07, 6.45) is 2.20. The fourth-order valence-corrected chi connectivity index (χ4v) is 2.49. The molecule has 0 unspecified atom stereocenters. The number of aryl methyl sites for hydroxylation is 1. The standard InChI is InChI=1S/C18H17NO2/c1-12-3-8-17-15(9-12)16(11-19-17)18(20)10-13-4-6-14(21-2)7-5-13/h3-9,11,19H,10H2,1-2H3. The Labute approximate surface area is 123 Å². The maximum absolute atomic E-state index is 12.5. The summed E-state index contributed by atoms with van der Waals surface area (Å²) in [7, 11) is 1.63. The number of hydrogen-bond acceptors (Lipinski definition) is 2. The van der Waals surface area contributed by atoms with Crippen LogP contribution in [-0.2, 0) is 6.42 Å². The number of rotatable bonds is 4. The van der Waals surface area contributed by atoms with Crippen LogP contribution >= 0.6 is 0 Å². The molecule has 1 N–H and O–H groups in total. The van der Waals surface area contributed by atoms with Crippen molar-refractivity contribution in [1.29, 1.82) is 0 Å². The Morgan fingerprint density at radius 2 is 1.90 bits per heavy atom. The SMILES string of the molecule is COc1ccc(CC(=O)c2c[nH]c3ccc(C)cc23)cc1. The second-order valence-electron chi connectivity index (χ2n) is 5.20. The fraction of sp³-hybridized carbons (Fsp3) is 0.167. The Hall–Kier alpha value is -2.55. The van der Waals surface area contributed by atoms with Crippen LogP contribution in [0.4, 0.5) is 0 Å². The molecule has 0 fully saturated rings. The van der Waals surface area contributed by atoms with Gasteiger partial charge < -0.3 is 9.72 Å². The Balaban J connectivity index is 1.87. The van der Waals surface area contributed by atoms with Crippen molar-refractivity contribution in [2.75, 3.05) is 7.11 Å². The maximum atomic E-state index is 12.5. The molecular formula is C18H17NO2. The van der Waals surface area contributed by atoms with Crippen molar-refractivity contribution in [1.82, 2.24) is 4.98 Å². The van der Waals surface area contributed by atoms with Crippen LogP contribution in [0.25, 0.3) is 10.9 Å². The van der Waals surface area contributed by atoms with E-state index in [0.717, 1.165) is 33.3 Å². The lowest BCUT2D eigenvalue weighted by molar-refractivity contribution is 0.0994. The fourth-order valence-electron chi connectivity index (χ4n) is 2.49. The average molecular weight is 279 g/mol. The smallest absolute Gasteiger partial charge is 0.169 e. The van der Waals surface area contributed by atoms with Crippen molar-refractivity contribution < 1.29 is 9.53 Å². The lowest BCUT2D eigenvalue weighted by Gasteiger charge is -2.03. The van der Waals surface area contributed by atoms with Gasteiger partial charge in [0.1, 0.15) is 5.75 Å². The third kappa shape index (κ3) is 2.68. The van der Waals surface area contributed by atoms with Crippen molar-refractivity contribution in [2.45, 2.75) is 13.3 Å². The molecule has 3 nitrogen and oxygen atoms in total. The van der Waals surface area contributed by atoms with Crippen molar-refractivity contribution in [3.63, 3.8) is 0 Å². The molecule has 0 radical (unpaired) electrons. The van der Waals surface area contributed by atoms with E-state index in [0.29, 0.717) is 6.42 Å². The second kappa shape index (κ2) is 5.44. The van der Waals surface area contributed by atoms with E-state index in [9.17, 15) is 4.79 Å². The number of nitrogens with one attached hydrogen (secondary N) is 1. The number of ether oxygens (including phenoxy) is 1. The molecule has 0 saturated heterocycles. The Morgan fingerprint density at radius 1 is 1.14 bits per heavy atom. The van der Waals surface area contributed by atoms with E-state index in [2.05, 4.69) is 4.98 Å². The summed E-state index contributed by atoms with van der Waals surface area (Å²) in [5.41, 5.74) is 3.89. The predicted molar refractivity (Wildman–Crippen MR) is 84.1 cm³/mol. The van der Waals surface area contributed by atoms with E-state index < -0.39 is 0 Å². The van der Waals surface area contributed by atoms with Crippen LogP contribution in [0.15, 0.2) is 48.7 Å². The van der Waals surface area contributed by atoms with E-state index in [-0.39, 0.29) is 5.78 Å². The lowest BCUT2D eigenvalue weighted by Crippen LogP contribution is -2.02. The summed E-state index contributed by atoms with van der Waals surface area (Å²) >= 11 is 0. The molecule has 21 heavy (non-hydrogen) atoms. The van der Waals surface area contributed by atoms with Crippen molar-refractivity contribution >= 4 is 16.7 Å². The molecule has 3 rings (SSSR count). The van der Waals surface area contributed by atoms with Gasteiger partial charge in [-0.1, -0.05) is 23.8 Å². The Morgan fingerprint density at radius 3 is 2.62 bits per heavy atom. The van der Waals surface area contributed by atoms with Gasteiger partial charge in [-0.25, -0.2) is 0 Å². The zero-order chi connectivity index (χ0) is 14.8. The van der Waals surface area contributed by atoms with Crippen LogP contribution < -0.4 is 4.74 Å². The lowest BCUT2D eigenvalue weighted by atomic mass is 10.0. The van der Waals surface area contributed by atoms with Crippen molar-refractivity contribution in [3.05, 3.63) is 65.4 Å². The van der Waals surface area contributed by atoms with Gasteiger partial charge in [-0.2, -0.15) is 0 Å². The van der Waals surface area contributed by atoms with Crippen LogP contribution in [0.1, 0.15) is 21.5 Å². The zero-order valence-corrected chi connectivity index (χ0v) is 12.1. The molecule has 3 heteroatoms. The van der Waals surface area contributed by atoms with Crippen molar-refractivity contribution in [2.24, 2.45) is 0 Å². The van der Waals surface area contributed by atoms with Crippen LogP contribution in [0.5, 0.6) is 5.75 Å². The van der Waals surface area contributed by atoms with Gasteiger partial charge in [0.15, 0.2) is 5.78 Å². The predicted octanol–water partition coefficient (Wildman–Crippen LogP) is 3.91. The molecule has 0 saturated carbocycles. The van der Waals surface area contributed by atoms with Gasteiger partial charge in [-0.3, -0.25) is 4.79 Å². The number of ketones is 1. The first kappa shape index (κ1) is 13.4. The topological polar surface area (TPSA) is 42.1 Å². The number of hydrogen-bond donors (Lipinski definition) is 1. The highest BCUT2D eigenvalue weighted by molar-refractivity contribution is 6.08. The van der Waals surface area contributed by atoms with Gasteiger partial charge in [0.25, 0.3) is 0 Å². The molecule has 1 heterocycles. The third-order valence-corrected chi connectivity index (χ3v) is 3.66. The monoisotopic (exact) mass is 279 g/mol. The first-order valence-electron chi connectivity index (χ1n) is 6.91. The summed E-state index contributed by atoms with van der Waals surface area (Å²) in [6, 6.07) is 13.7. The van der Waals surface area contributed by atoms with E-state index in [1.165, 1.54) is 0 Å². The molecule has 1 aromatic heterocycles. The summed E-state index contributed by atoms with van der Waals surface area (Å²) in [4.78, 5) is 15.7. The minimum absolute atomic E-state index is 0.122. The van der Waals surface area contributed by atoms with Crippen molar-refractivity contribution in [3.8, 4) is 5.75 Å². The normalized spacial score (nSPS) is 10.8. The maximum Gasteiger partial charge on any atom is 0.169 e. The van der Waals surface area contributed by atoms with Crippen LogP contribution in [0.3, 0.4) is 0 Å². The molecule has 0 atom stereocenters. The Kier molecular flexibility index (Phi) is 3.48. The van der Waals surface area contributed by atoms with E-state index in [1.54, 1.807) is 13.3 Å². The number of fused-ring (bicyclic) bond motifs is 1. The largest absolute Gasteiger partial charge is 0.497 e. The number of carbonyl (C=O) groups is 1. The molecule has 3 aromatic rings. The molecule has 0 aliphatic carbocycles. The molecule has 0 amide bonds. The summed E-state index contributed by atoms with van der Waals surface area (Å²) in [6.45, 7) is 2.03. The number of aromatic nitrogens is 1. The number of carbonyl (C=O) groups excluding carboxylic acids is 1. The Bertz CT molecular complexity index is 785. The minimum atomic E-state index is 0.122.